The molecule has 20 heavy (non-hydrogen) atoms. The molecule has 3 rings (SSSR count). The smallest absolute Gasteiger partial charge is 0.239 e. The SMILES string of the molecule is Cc1cc(Nc2cccc3cnccc23)nc(NN)n1. The van der Waals surface area contributed by atoms with Gasteiger partial charge in [0.05, 0.1) is 0 Å². The van der Waals surface area contributed by atoms with E-state index in [9.17, 15) is 0 Å². The number of aryl methyl sites for hydroxylation is 1. The van der Waals surface area contributed by atoms with Gasteiger partial charge >= 0.3 is 0 Å². The maximum atomic E-state index is 5.36. The molecule has 0 saturated carbocycles. The highest BCUT2D eigenvalue weighted by Crippen LogP contribution is 2.25. The van der Waals surface area contributed by atoms with Crippen molar-refractivity contribution < 1.29 is 0 Å². The molecule has 0 amide bonds. The van der Waals surface area contributed by atoms with E-state index in [-0.39, 0.29) is 0 Å². The molecule has 100 valence electrons. The number of benzene rings is 1. The van der Waals surface area contributed by atoms with E-state index in [1.54, 1.807) is 6.20 Å². The molecule has 0 bridgehead atoms. The van der Waals surface area contributed by atoms with E-state index < -0.39 is 0 Å². The highest BCUT2D eigenvalue weighted by Gasteiger charge is 2.04. The Morgan fingerprint density at radius 1 is 1.15 bits per heavy atom. The average Bonchev–Trinajstić information content (AvgIpc) is 2.47. The maximum Gasteiger partial charge on any atom is 0.239 e. The van der Waals surface area contributed by atoms with E-state index in [1.807, 2.05) is 43.5 Å². The Morgan fingerprint density at radius 2 is 2.05 bits per heavy atom. The van der Waals surface area contributed by atoms with Crippen molar-refractivity contribution >= 4 is 28.2 Å². The van der Waals surface area contributed by atoms with Gasteiger partial charge in [-0.05, 0) is 19.1 Å². The lowest BCUT2D eigenvalue weighted by molar-refractivity contribution is 1.07. The summed E-state index contributed by atoms with van der Waals surface area (Å²) >= 11 is 0. The van der Waals surface area contributed by atoms with Crippen LogP contribution in [0.3, 0.4) is 0 Å². The van der Waals surface area contributed by atoms with Gasteiger partial charge in [-0.2, -0.15) is 4.98 Å². The summed E-state index contributed by atoms with van der Waals surface area (Å²) in [6, 6.07) is 9.82. The highest BCUT2D eigenvalue weighted by molar-refractivity contribution is 5.94. The fourth-order valence-corrected chi connectivity index (χ4v) is 2.07. The molecular weight excluding hydrogens is 252 g/mol. The van der Waals surface area contributed by atoms with Gasteiger partial charge in [-0.15, -0.1) is 0 Å². The van der Waals surface area contributed by atoms with Crippen LogP contribution >= 0.6 is 0 Å². The molecule has 0 atom stereocenters. The summed E-state index contributed by atoms with van der Waals surface area (Å²) in [4.78, 5) is 12.6. The van der Waals surface area contributed by atoms with Gasteiger partial charge in [-0.3, -0.25) is 10.4 Å². The first-order valence-corrected chi connectivity index (χ1v) is 6.18. The van der Waals surface area contributed by atoms with Crippen molar-refractivity contribution in [3.63, 3.8) is 0 Å². The molecule has 6 heteroatoms. The Kier molecular flexibility index (Phi) is 3.14. The number of hydrogen-bond donors (Lipinski definition) is 3. The summed E-state index contributed by atoms with van der Waals surface area (Å²) < 4.78 is 0. The van der Waals surface area contributed by atoms with Crippen LogP contribution < -0.4 is 16.6 Å². The fourth-order valence-electron chi connectivity index (χ4n) is 2.07. The van der Waals surface area contributed by atoms with E-state index in [0.717, 1.165) is 22.2 Å². The Balaban J connectivity index is 2.03. The molecule has 0 fully saturated rings. The molecule has 0 aliphatic rings. The number of nitrogen functional groups attached to an aromatic ring is 1. The molecule has 6 nitrogen and oxygen atoms in total. The van der Waals surface area contributed by atoms with E-state index in [0.29, 0.717) is 11.8 Å². The monoisotopic (exact) mass is 266 g/mol. The zero-order valence-electron chi connectivity index (χ0n) is 11.0. The predicted octanol–water partition coefficient (Wildman–Crippen LogP) is 2.36. The number of hydrazine groups is 1. The fraction of sp³-hybridized carbons (Fsp3) is 0.0714. The molecule has 1 aromatic carbocycles. The molecule has 4 N–H and O–H groups in total. The van der Waals surface area contributed by atoms with Gasteiger partial charge in [-0.1, -0.05) is 12.1 Å². The number of fused-ring (bicyclic) bond motifs is 1. The predicted molar refractivity (Wildman–Crippen MR) is 79.6 cm³/mol. The van der Waals surface area contributed by atoms with Crippen LogP contribution in [0, 0.1) is 6.92 Å². The first-order chi connectivity index (χ1) is 9.76. The van der Waals surface area contributed by atoms with E-state index in [1.165, 1.54) is 0 Å². The van der Waals surface area contributed by atoms with Crippen LogP contribution in [-0.2, 0) is 0 Å². The molecule has 3 aromatic rings. The van der Waals surface area contributed by atoms with E-state index in [2.05, 4.69) is 25.7 Å². The van der Waals surface area contributed by atoms with Crippen LogP contribution in [0.5, 0.6) is 0 Å². The molecule has 0 saturated heterocycles. The summed E-state index contributed by atoms with van der Waals surface area (Å²) in [6.07, 6.45) is 3.60. The van der Waals surface area contributed by atoms with Crippen LogP contribution in [-0.4, -0.2) is 15.0 Å². The topological polar surface area (TPSA) is 88.8 Å². The third kappa shape index (κ3) is 2.36. The second-order valence-corrected chi connectivity index (χ2v) is 4.39. The third-order valence-corrected chi connectivity index (χ3v) is 2.93. The molecule has 0 aliphatic carbocycles. The molecule has 0 aliphatic heterocycles. The Labute approximate surface area is 116 Å². The van der Waals surface area contributed by atoms with Crippen LogP contribution in [0.15, 0.2) is 42.7 Å². The number of pyridine rings is 1. The van der Waals surface area contributed by atoms with Crippen molar-refractivity contribution in [3.8, 4) is 0 Å². The second kappa shape index (κ2) is 5.10. The van der Waals surface area contributed by atoms with E-state index in [4.69, 9.17) is 5.84 Å². The van der Waals surface area contributed by atoms with Gasteiger partial charge in [0.1, 0.15) is 5.82 Å². The Morgan fingerprint density at radius 3 is 2.90 bits per heavy atom. The zero-order chi connectivity index (χ0) is 13.9. The Bertz CT molecular complexity index is 750. The number of hydrogen-bond acceptors (Lipinski definition) is 6. The standard InChI is InChI=1S/C14H14N6/c1-9-7-13(19-14(17-9)20-15)18-12-4-2-3-10-8-16-6-5-11(10)12/h2-8H,15H2,1H3,(H2,17,18,19,20). The van der Waals surface area contributed by atoms with Gasteiger partial charge < -0.3 is 5.32 Å². The van der Waals surface area contributed by atoms with Crippen molar-refractivity contribution in [2.45, 2.75) is 6.92 Å². The van der Waals surface area contributed by atoms with Crippen molar-refractivity contribution in [3.05, 3.63) is 48.4 Å². The first kappa shape index (κ1) is 12.3. The van der Waals surface area contributed by atoms with Crippen molar-refractivity contribution in [2.24, 2.45) is 5.84 Å². The lowest BCUT2D eigenvalue weighted by atomic mass is 10.1. The zero-order valence-corrected chi connectivity index (χ0v) is 11.0. The molecular formula is C14H14N6. The lowest BCUT2D eigenvalue weighted by Crippen LogP contribution is -2.11. The number of rotatable bonds is 3. The largest absolute Gasteiger partial charge is 0.340 e. The first-order valence-electron chi connectivity index (χ1n) is 6.18. The summed E-state index contributed by atoms with van der Waals surface area (Å²) in [7, 11) is 0. The van der Waals surface area contributed by atoms with Crippen LogP contribution in [0.25, 0.3) is 10.8 Å². The van der Waals surface area contributed by atoms with E-state index >= 15 is 0 Å². The van der Waals surface area contributed by atoms with Crippen LogP contribution in [0.4, 0.5) is 17.5 Å². The number of aromatic nitrogens is 3. The average molecular weight is 266 g/mol. The minimum absolute atomic E-state index is 0.384. The lowest BCUT2D eigenvalue weighted by Gasteiger charge is -2.10. The minimum atomic E-state index is 0.384. The Hall–Kier alpha value is -2.73. The van der Waals surface area contributed by atoms with Crippen molar-refractivity contribution in [1.82, 2.24) is 15.0 Å². The number of nitrogens with two attached hydrogens (primary N) is 1. The summed E-state index contributed by atoms with van der Waals surface area (Å²) in [5.41, 5.74) is 4.25. The van der Waals surface area contributed by atoms with Gasteiger partial charge in [0.25, 0.3) is 0 Å². The van der Waals surface area contributed by atoms with Gasteiger partial charge in [-0.25, -0.2) is 10.8 Å². The van der Waals surface area contributed by atoms with Crippen molar-refractivity contribution in [1.29, 1.82) is 0 Å². The number of nitrogens with one attached hydrogen (secondary N) is 2. The molecule has 2 heterocycles. The van der Waals surface area contributed by atoms with Crippen LogP contribution in [0.1, 0.15) is 5.69 Å². The highest BCUT2D eigenvalue weighted by atomic mass is 15.3. The number of anilines is 3. The minimum Gasteiger partial charge on any atom is -0.340 e. The number of nitrogens with zero attached hydrogens (tertiary/aromatic N) is 3. The summed E-state index contributed by atoms with van der Waals surface area (Å²) in [5.74, 6) is 6.43. The maximum absolute atomic E-state index is 5.36. The third-order valence-electron chi connectivity index (χ3n) is 2.93. The molecule has 2 aromatic heterocycles. The molecule has 0 unspecified atom stereocenters. The van der Waals surface area contributed by atoms with Crippen LogP contribution in [0.2, 0.25) is 0 Å². The second-order valence-electron chi connectivity index (χ2n) is 4.39. The summed E-state index contributed by atoms with van der Waals surface area (Å²) in [6.45, 7) is 1.89. The molecule has 0 radical (unpaired) electrons. The van der Waals surface area contributed by atoms with Gasteiger partial charge in [0.2, 0.25) is 5.95 Å². The van der Waals surface area contributed by atoms with Gasteiger partial charge in [0, 0.05) is 40.6 Å². The molecule has 0 spiro atoms. The van der Waals surface area contributed by atoms with Crippen molar-refractivity contribution in [2.75, 3.05) is 10.7 Å². The summed E-state index contributed by atoms with van der Waals surface area (Å²) in [5, 5.41) is 5.44. The quantitative estimate of drug-likeness (QED) is 0.498. The van der Waals surface area contributed by atoms with Gasteiger partial charge in [0.15, 0.2) is 0 Å². The normalized spacial score (nSPS) is 10.5.